The molecule has 168 valence electrons. The van der Waals surface area contributed by atoms with Crippen molar-refractivity contribution in [3.8, 4) is 0 Å². The van der Waals surface area contributed by atoms with Gasteiger partial charge in [0.25, 0.3) is 0 Å². The molecule has 1 aromatic heterocycles. The number of aryl methyl sites for hydroxylation is 1. The van der Waals surface area contributed by atoms with Crippen molar-refractivity contribution in [2.45, 2.75) is 77.4 Å². The first kappa shape index (κ1) is 21.8. The number of fused-ring (bicyclic) bond motifs is 1. The second-order valence-corrected chi connectivity index (χ2v) is 11.9. The first-order valence-electron chi connectivity index (χ1n) is 11.5. The van der Waals surface area contributed by atoms with Crippen LogP contribution in [0.5, 0.6) is 0 Å². The van der Waals surface area contributed by atoms with Gasteiger partial charge >= 0.3 is 0 Å². The predicted octanol–water partition coefficient (Wildman–Crippen LogP) is 2.47. The van der Waals surface area contributed by atoms with E-state index in [1.54, 1.807) is 0 Å². The number of hydrogen-bond acceptors (Lipinski definition) is 5. The van der Waals surface area contributed by atoms with Crippen molar-refractivity contribution in [2.24, 2.45) is 5.92 Å². The molecule has 1 saturated carbocycles. The Morgan fingerprint density at radius 2 is 1.87 bits per heavy atom. The first-order chi connectivity index (χ1) is 14.2. The fourth-order valence-corrected chi connectivity index (χ4v) is 7.52. The van der Waals surface area contributed by atoms with E-state index in [9.17, 15) is 13.2 Å². The lowest BCUT2D eigenvalue weighted by atomic mass is 9.78. The Morgan fingerprint density at radius 1 is 1.13 bits per heavy atom. The van der Waals surface area contributed by atoms with Gasteiger partial charge in [0.2, 0.25) is 5.91 Å². The summed E-state index contributed by atoms with van der Waals surface area (Å²) in [4.78, 5) is 17.4. The van der Waals surface area contributed by atoms with Gasteiger partial charge in [0, 0.05) is 30.4 Å². The number of aromatic nitrogens is 2. The van der Waals surface area contributed by atoms with Crippen LogP contribution in [-0.4, -0.2) is 71.6 Å². The molecule has 0 spiro atoms. The van der Waals surface area contributed by atoms with Gasteiger partial charge in [-0.05, 0) is 58.9 Å². The Hall–Kier alpha value is -1.41. The lowest BCUT2D eigenvalue weighted by molar-refractivity contribution is -0.138. The number of sulfone groups is 1. The highest BCUT2D eigenvalue weighted by atomic mass is 32.2. The second kappa shape index (κ2) is 8.61. The van der Waals surface area contributed by atoms with E-state index in [-0.39, 0.29) is 23.5 Å². The molecule has 0 unspecified atom stereocenters. The standard InChI is InChI=1S/C22H36N4O3S/c1-16-20(17(2)26(23-16)19-10-12-30(28,29)15-19)13-24(3)14-22(27)25-11-6-8-18-7-4-5-9-21(18)25/h18-19,21H,4-15H2,1-3H3/t18-,19+,21+/m0/s1. The smallest absolute Gasteiger partial charge is 0.237 e. The molecule has 7 nitrogen and oxygen atoms in total. The fraction of sp³-hybridized carbons (Fsp3) is 0.818. The molecule has 0 N–H and O–H groups in total. The minimum Gasteiger partial charge on any atom is -0.338 e. The topological polar surface area (TPSA) is 75.5 Å². The first-order valence-corrected chi connectivity index (χ1v) is 13.3. The van der Waals surface area contributed by atoms with Crippen LogP contribution < -0.4 is 0 Å². The average Bonchev–Trinajstić information content (AvgIpc) is 3.20. The maximum absolute atomic E-state index is 13.1. The SMILES string of the molecule is Cc1nn([C@@H]2CCS(=O)(=O)C2)c(C)c1CN(C)CC(=O)N1CCC[C@@H]2CCCC[C@H]21. The van der Waals surface area contributed by atoms with E-state index in [2.05, 4.69) is 14.9 Å². The summed E-state index contributed by atoms with van der Waals surface area (Å²) in [5, 5.41) is 4.66. The van der Waals surface area contributed by atoms with Crippen LogP contribution in [0.3, 0.4) is 0 Å². The number of carbonyl (C=O) groups excluding carboxylic acids is 1. The van der Waals surface area contributed by atoms with E-state index >= 15 is 0 Å². The fourth-order valence-electron chi connectivity index (χ4n) is 5.83. The van der Waals surface area contributed by atoms with Gasteiger partial charge in [-0.25, -0.2) is 8.42 Å². The van der Waals surface area contributed by atoms with Crippen LogP contribution >= 0.6 is 0 Å². The minimum atomic E-state index is -2.95. The van der Waals surface area contributed by atoms with Gasteiger partial charge in [-0.15, -0.1) is 0 Å². The number of rotatable bonds is 5. The summed E-state index contributed by atoms with van der Waals surface area (Å²) < 4.78 is 25.7. The van der Waals surface area contributed by atoms with Crippen molar-refractivity contribution < 1.29 is 13.2 Å². The number of hydrogen-bond donors (Lipinski definition) is 0. The molecule has 2 aliphatic heterocycles. The normalized spacial score (nSPS) is 28.7. The maximum Gasteiger partial charge on any atom is 0.237 e. The second-order valence-electron chi connectivity index (χ2n) is 9.66. The van der Waals surface area contributed by atoms with Crippen LogP contribution in [0.1, 0.15) is 67.9 Å². The van der Waals surface area contributed by atoms with Crippen LogP contribution in [0, 0.1) is 19.8 Å². The summed E-state index contributed by atoms with van der Waals surface area (Å²) in [5.74, 6) is 1.38. The van der Waals surface area contributed by atoms with Crippen molar-refractivity contribution in [1.29, 1.82) is 0 Å². The van der Waals surface area contributed by atoms with Gasteiger partial charge in [0.05, 0.1) is 29.8 Å². The van der Waals surface area contributed by atoms with Crippen LogP contribution in [-0.2, 0) is 21.2 Å². The number of piperidine rings is 1. The molecule has 3 fully saturated rings. The molecule has 0 radical (unpaired) electrons. The van der Waals surface area contributed by atoms with E-state index in [4.69, 9.17) is 0 Å². The molecule has 3 heterocycles. The molecule has 4 rings (SSSR count). The molecule has 1 aromatic rings. The molecule has 3 aliphatic rings. The summed E-state index contributed by atoms with van der Waals surface area (Å²) in [5.41, 5.74) is 3.07. The third-order valence-corrected chi connectivity index (χ3v) is 9.18. The molecule has 30 heavy (non-hydrogen) atoms. The molecule has 2 saturated heterocycles. The predicted molar refractivity (Wildman–Crippen MR) is 117 cm³/mol. The molecule has 1 aliphatic carbocycles. The summed E-state index contributed by atoms with van der Waals surface area (Å²) in [7, 11) is -0.950. The Morgan fingerprint density at radius 3 is 2.60 bits per heavy atom. The lowest BCUT2D eigenvalue weighted by Crippen LogP contribution is -2.52. The van der Waals surface area contributed by atoms with Crippen LogP contribution in [0.25, 0.3) is 0 Å². The zero-order valence-electron chi connectivity index (χ0n) is 18.6. The summed E-state index contributed by atoms with van der Waals surface area (Å²) in [6.07, 6.45) is 8.04. The molecule has 0 bridgehead atoms. The quantitative estimate of drug-likeness (QED) is 0.709. The van der Waals surface area contributed by atoms with Crippen LogP contribution in [0.15, 0.2) is 0 Å². The van der Waals surface area contributed by atoms with Gasteiger partial charge in [0.1, 0.15) is 0 Å². The maximum atomic E-state index is 13.1. The van der Waals surface area contributed by atoms with E-state index in [0.29, 0.717) is 31.5 Å². The number of nitrogens with zero attached hydrogens (tertiary/aromatic N) is 4. The number of likely N-dealkylation sites (tertiary alicyclic amines) is 1. The third kappa shape index (κ3) is 4.44. The number of carbonyl (C=O) groups is 1. The molecule has 0 aromatic carbocycles. The van der Waals surface area contributed by atoms with Crippen LogP contribution in [0.2, 0.25) is 0 Å². The molecule has 8 heteroatoms. The highest BCUT2D eigenvalue weighted by Crippen LogP contribution is 2.35. The Bertz CT molecular complexity index is 892. The van der Waals surface area contributed by atoms with Crippen molar-refractivity contribution in [3.63, 3.8) is 0 Å². The van der Waals surface area contributed by atoms with Gasteiger partial charge in [-0.2, -0.15) is 5.10 Å². The van der Waals surface area contributed by atoms with Crippen molar-refractivity contribution in [2.75, 3.05) is 31.6 Å². The monoisotopic (exact) mass is 436 g/mol. The van der Waals surface area contributed by atoms with Crippen molar-refractivity contribution >= 4 is 15.7 Å². The average molecular weight is 437 g/mol. The van der Waals surface area contributed by atoms with Gasteiger partial charge in [0.15, 0.2) is 9.84 Å². The van der Waals surface area contributed by atoms with Gasteiger partial charge in [-0.3, -0.25) is 14.4 Å². The van der Waals surface area contributed by atoms with E-state index < -0.39 is 9.84 Å². The summed E-state index contributed by atoms with van der Waals surface area (Å²) in [6.45, 7) is 5.98. The Kier molecular flexibility index (Phi) is 6.26. The summed E-state index contributed by atoms with van der Waals surface area (Å²) >= 11 is 0. The van der Waals surface area contributed by atoms with E-state index in [0.717, 1.165) is 36.3 Å². The highest BCUT2D eigenvalue weighted by molar-refractivity contribution is 7.91. The van der Waals surface area contributed by atoms with E-state index in [1.807, 2.05) is 25.6 Å². The molecule has 3 atom stereocenters. The van der Waals surface area contributed by atoms with Crippen molar-refractivity contribution in [3.05, 3.63) is 17.0 Å². The largest absolute Gasteiger partial charge is 0.338 e. The molecule has 1 amide bonds. The Balaban J connectivity index is 1.40. The van der Waals surface area contributed by atoms with Crippen LogP contribution in [0.4, 0.5) is 0 Å². The molecular formula is C22H36N4O3S. The third-order valence-electron chi connectivity index (χ3n) is 7.43. The lowest BCUT2D eigenvalue weighted by Gasteiger charge is -2.44. The highest BCUT2D eigenvalue weighted by Gasteiger charge is 2.36. The number of likely N-dealkylation sites (N-methyl/N-ethyl adjacent to an activating group) is 1. The zero-order valence-corrected chi connectivity index (χ0v) is 19.5. The number of amides is 1. The van der Waals surface area contributed by atoms with Gasteiger partial charge < -0.3 is 4.90 Å². The van der Waals surface area contributed by atoms with Gasteiger partial charge in [-0.1, -0.05) is 12.8 Å². The Labute approximate surface area is 180 Å². The summed E-state index contributed by atoms with van der Waals surface area (Å²) in [6, 6.07) is 0.384. The molecular weight excluding hydrogens is 400 g/mol. The van der Waals surface area contributed by atoms with Crippen molar-refractivity contribution in [1.82, 2.24) is 19.6 Å². The van der Waals surface area contributed by atoms with E-state index in [1.165, 1.54) is 25.7 Å². The zero-order chi connectivity index (χ0) is 21.5. The minimum absolute atomic E-state index is 0.0639.